The molecule has 0 unspecified atom stereocenters. The van der Waals surface area contributed by atoms with E-state index >= 15 is 0 Å². The average Bonchev–Trinajstić information content (AvgIpc) is 3.60. The molecule has 2 fully saturated rings. The Morgan fingerprint density at radius 1 is 0.706 bits per heavy atom. The number of carboxylic acid groups (broad SMARTS) is 2. The van der Waals surface area contributed by atoms with Crippen LogP contribution in [0.2, 0.25) is 0 Å². The van der Waals surface area contributed by atoms with Gasteiger partial charge in [-0.15, -0.1) is 0 Å². The Bertz CT molecular complexity index is 1040. The molecule has 178 valence electrons. The molecule has 0 spiro atoms. The predicted molar refractivity (Wildman–Crippen MR) is 130 cm³/mol. The molecule has 1 saturated carbocycles. The first-order valence-electron chi connectivity index (χ1n) is 11.0. The molecule has 34 heavy (non-hydrogen) atoms. The molecule has 5 rings (SSSR count). The first-order chi connectivity index (χ1) is 16.3. The van der Waals surface area contributed by atoms with Gasteiger partial charge in [-0.2, -0.15) is 0 Å². The van der Waals surface area contributed by atoms with Crippen LogP contribution >= 0.6 is 6.83 Å². The summed E-state index contributed by atoms with van der Waals surface area (Å²) < 4.78 is 6.98. The summed E-state index contributed by atoms with van der Waals surface area (Å²) in [7, 11) is 0. The number of aliphatic hydroxyl groups excluding tert-OH is 2. The molecule has 0 bridgehead atoms. The molecule has 0 radical (unpaired) electrons. The molecule has 4 atom stereocenters. The number of hydrogen-bond acceptors (Lipinski definition) is 5. The quantitative estimate of drug-likeness (QED) is 0.395. The number of fused-ring (bicyclic) bond motifs is 1. The normalized spacial score (nSPS) is 24.1. The fraction of sp³-hybridized carbons (Fsp3) is 0.231. The summed E-state index contributed by atoms with van der Waals surface area (Å²) in [4.78, 5) is 19.5. The molecule has 2 aliphatic rings. The van der Waals surface area contributed by atoms with Crippen LogP contribution in [0, 0.1) is 5.92 Å². The number of aliphatic carboxylic acids is 2. The van der Waals surface area contributed by atoms with Crippen LogP contribution in [0.15, 0.2) is 91.0 Å². The van der Waals surface area contributed by atoms with Gasteiger partial charge in [-0.05, 0) is 0 Å². The molecule has 3 aromatic carbocycles. The van der Waals surface area contributed by atoms with Crippen LogP contribution in [0.25, 0.3) is 0 Å². The Labute approximate surface area is 197 Å². The van der Waals surface area contributed by atoms with E-state index in [2.05, 4.69) is 91.0 Å². The number of aliphatic hydroxyl groups is 2. The van der Waals surface area contributed by atoms with Crippen LogP contribution in [-0.2, 0) is 14.1 Å². The second kappa shape index (κ2) is 9.28. The van der Waals surface area contributed by atoms with Crippen molar-refractivity contribution in [1.29, 1.82) is 0 Å². The number of carbonyl (C=O) groups is 2. The zero-order valence-electron chi connectivity index (χ0n) is 18.3. The van der Waals surface area contributed by atoms with Crippen molar-refractivity contribution in [2.75, 3.05) is 6.61 Å². The Kier molecular flexibility index (Phi) is 6.56. The van der Waals surface area contributed by atoms with E-state index < -0.39 is 31.0 Å². The third kappa shape index (κ3) is 3.71. The van der Waals surface area contributed by atoms with Gasteiger partial charge in [-0.1, -0.05) is 0 Å². The minimum absolute atomic E-state index is 0.628. The molecule has 1 saturated heterocycles. The van der Waals surface area contributed by atoms with Crippen LogP contribution in [0.4, 0.5) is 0 Å². The predicted octanol–water partition coefficient (Wildman–Crippen LogP) is 1.73. The van der Waals surface area contributed by atoms with Gasteiger partial charge in [0.05, 0.1) is 0 Å². The zero-order chi connectivity index (χ0) is 24.4. The van der Waals surface area contributed by atoms with Gasteiger partial charge in [0.2, 0.25) is 0 Å². The average molecular weight is 482 g/mol. The van der Waals surface area contributed by atoms with Gasteiger partial charge in [0.25, 0.3) is 0 Å². The van der Waals surface area contributed by atoms with Gasteiger partial charge in [0.1, 0.15) is 0 Å². The Balaban J connectivity index is 0.000000235. The van der Waals surface area contributed by atoms with E-state index in [1.807, 2.05) is 0 Å². The van der Waals surface area contributed by atoms with E-state index in [4.69, 9.17) is 24.9 Å². The fourth-order valence-electron chi connectivity index (χ4n) is 5.05. The van der Waals surface area contributed by atoms with E-state index in [9.17, 15) is 9.59 Å². The van der Waals surface area contributed by atoms with Gasteiger partial charge in [0.15, 0.2) is 12.2 Å². The second-order valence-electron chi connectivity index (χ2n) is 8.53. The van der Waals surface area contributed by atoms with Crippen LogP contribution in [0.3, 0.4) is 0 Å². The van der Waals surface area contributed by atoms with Crippen LogP contribution in [0.5, 0.6) is 0 Å². The standard InChI is InChI=1S/C22H21OP.C4H6O6/c1-4-10-19(11-5-1)24(20-12-6-2-7-13-20,21-14-8-3-9-15-21)22-16-18(22)17-23-24;5-1(3(7)8)2(6)4(9)10/h1-15,18,22H,16-17H2;1-2,5-6H,(H,7,8)(H,9,10)/t18-,22-;1-,2-/m01/s1. The van der Waals surface area contributed by atoms with E-state index in [0.29, 0.717) is 11.6 Å². The SMILES string of the molecule is O=C(O)[C@H](O)[C@@H](O)C(=O)O.c1ccc(P2(c3ccccc3)(c3ccccc3)OC[C@@H]3C[C@@H]32)cc1. The molecular formula is C26H27O7P. The molecule has 1 aliphatic carbocycles. The first-order valence-corrected chi connectivity index (χ1v) is 13.2. The minimum atomic E-state index is -2.85. The van der Waals surface area contributed by atoms with Gasteiger partial charge < -0.3 is 20.4 Å². The molecule has 0 aromatic heterocycles. The summed E-state index contributed by atoms with van der Waals surface area (Å²) in [6.45, 7) is -1.96. The van der Waals surface area contributed by atoms with Crippen molar-refractivity contribution in [2.24, 2.45) is 5.92 Å². The molecule has 8 heteroatoms. The zero-order valence-corrected chi connectivity index (χ0v) is 19.2. The van der Waals surface area contributed by atoms with E-state index in [0.717, 1.165) is 6.61 Å². The van der Waals surface area contributed by atoms with E-state index in [1.54, 1.807) is 0 Å². The van der Waals surface area contributed by atoms with E-state index in [1.165, 1.54) is 22.3 Å². The van der Waals surface area contributed by atoms with Crippen LogP contribution in [0.1, 0.15) is 6.42 Å². The number of carboxylic acids is 2. The molecular weight excluding hydrogens is 455 g/mol. The summed E-state index contributed by atoms with van der Waals surface area (Å²) in [5, 5.41) is 36.7. The molecule has 1 heterocycles. The topological polar surface area (TPSA) is 124 Å². The summed E-state index contributed by atoms with van der Waals surface area (Å²) in [6.07, 6.45) is -3.24. The fourth-order valence-corrected chi connectivity index (χ4v) is 12.1. The monoisotopic (exact) mass is 482 g/mol. The van der Waals surface area contributed by atoms with Crippen molar-refractivity contribution in [3.63, 3.8) is 0 Å². The van der Waals surface area contributed by atoms with Crippen molar-refractivity contribution in [3.05, 3.63) is 91.0 Å². The van der Waals surface area contributed by atoms with Gasteiger partial charge in [-0.3, -0.25) is 0 Å². The second-order valence-corrected chi connectivity index (χ2v) is 13.2. The van der Waals surface area contributed by atoms with Crippen molar-refractivity contribution in [3.8, 4) is 0 Å². The summed E-state index contributed by atoms with van der Waals surface area (Å²) >= 11 is 0. The third-order valence-electron chi connectivity index (χ3n) is 6.69. The molecule has 7 nitrogen and oxygen atoms in total. The summed E-state index contributed by atoms with van der Waals surface area (Å²) in [5.41, 5.74) is 0.628. The van der Waals surface area contributed by atoms with Crippen molar-refractivity contribution in [2.45, 2.75) is 24.3 Å². The first kappa shape index (κ1) is 24.0. The molecule has 0 amide bonds. The van der Waals surface area contributed by atoms with Crippen molar-refractivity contribution in [1.82, 2.24) is 0 Å². The van der Waals surface area contributed by atoms with Crippen molar-refractivity contribution < 1.29 is 34.5 Å². The third-order valence-corrected chi connectivity index (χ3v) is 13.2. The van der Waals surface area contributed by atoms with Gasteiger partial charge >= 0.3 is 155 Å². The van der Waals surface area contributed by atoms with E-state index in [-0.39, 0.29) is 0 Å². The number of rotatable bonds is 6. The molecule has 1 aliphatic heterocycles. The van der Waals surface area contributed by atoms with Gasteiger partial charge in [-0.25, -0.2) is 9.59 Å². The number of benzene rings is 3. The maximum absolute atomic E-state index is 9.77. The maximum atomic E-state index is 9.77. The number of hydrogen-bond donors (Lipinski definition) is 4. The summed E-state index contributed by atoms with van der Waals surface area (Å²) in [6, 6.07) is 33.0. The Hall–Kier alpha value is -3.09. The van der Waals surface area contributed by atoms with Gasteiger partial charge in [0, 0.05) is 0 Å². The Morgan fingerprint density at radius 2 is 1.06 bits per heavy atom. The Morgan fingerprint density at radius 3 is 1.29 bits per heavy atom. The van der Waals surface area contributed by atoms with Crippen molar-refractivity contribution >= 4 is 34.7 Å². The summed E-state index contributed by atoms with van der Waals surface area (Å²) in [5.74, 6) is -2.83. The van der Waals surface area contributed by atoms with Crippen LogP contribution < -0.4 is 15.9 Å². The van der Waals surface area contributed by atoms with Crippen LogP contribution in [-0.4, -0.2) is 56.8 Å². The molecule has 3 aromatic rings. The molecule has 4 N–H and O–H groups in total.